The molecular formula is C20H18F5N3O2S. The second-order valence-electron chi connectivity index (χ2n) is 6.82. The third kappa shape index (κ3) is 5.48. The average Bonchev–Trinajstić information content (AvgIpc) is 2.70. The summed E-state index contributed by atoms with van der Waals surface area (Å²) in [5, 5.41) is 2.57. The Balaban J connectivity index is 1.86. The lowest BCUT2D eigenvalue weighted by molar-refractivity contribution is 0.0930. The Bertz CT molecular complexity index is 1160. The van der Waals surface area contributed by atoms with Crippen molar-refractivity contribution >= 4 is 16.1 Å². The molecule has 3 aromatic rings. The highest BCUT2D eigenvalue weighted by atomic mass is 32.5. The SMILES string of the molecule is CC[C@@H](NC(=O)c1cc(=O)[nH]c(-c2ccccc2)n1)c1ccc(S(F)(F)(F)(F)F)cc1. The number of aromatic amines is 1. The van der Waals surface area contributed by atoms with Gasteiger partial charge in [-0.05, 0) is 24.1 Å². The van der Waals surface area contributed by atoms with Gasteiger partial charge in [0, 0.05) is 11.6 Å². The fraction of sp³-hybridized carbons (Fsp3) is 0.150. The van der Waals surface area contributed by atoms with E-state index in [4.69, 9.17) is 0 Å². The molecule has 0 radical (unpaired) electrons. The first-order valence-electron chi connectivity index (χ1n) is 9.08. The Hall–Kier alpha value is -3.21. The number of nitrogens with one attached hydrogen (secondary N) is 2. The van der Waals surface area contributed by atoms with Gasteiger partial charge in [-0.15, -0.1) is 0 Å². The Morgan fingerprint density at radius 3 is 2.19 bits per heavy atom. The van der Waals surface area contributed by atoms with E-state index in [0.29, 0.717) is 17.7 Å². The quantitative estimate of drug-likeness (QED) is 0.446. The lowest BCUT2D eigenvalue weighted by Gasteiger charge is -2.40. The summed E-state index contributed by atoms with van der Waals surface area (Å²) in [5.74, 6) is -0.557. The van der Waals surface area contributed by atoms with Crippen LogP contribution in [0, 0.1) is 0 Å². The summed E-state index contributed by atoms with van der Waals surface area (Å²) in [4.78, 5) is 29.2. The number of hydrogen-bond donors (Lipinski definition) is 2. The summed E-state index contributed by atoms with van der Waals surface area (Å²) in [5.41, 5.74) is 0.0272. The molecule has 1 aromatic heterocycles. The number of nitrogens with zero attached hydrogens (tertiary/aromatic N) is 1. The van der Waals surface area contributed by atoms with Gasteiger partial charge in [0.2, 0.25) is 0 Å². The number of H-pyrrole nitrogens is 1. The number of amides is 1. The highest BCUT2D eigenvalue weighted by molar-refractivity contribution is 8.45. The molecule has 1 atom stereocenters. The lowest BCUT2D eigenvalue weighted by Crippen LogP contribution is -2.30. The zero-order valence-electron chi connectivity index (χ0n) is 16.1. The largest absolute Gasteiger partial charge is 0.344 e. The lowest BCUT2D eigenvalue weighted by atomic mass is 10.0. The molecule has 0 spiro atoms. The molecule has 0 unspecified atom stereocenters. The summed E-state index contributed by atoms with van der Waals surface area (Å²) < 4.78 is 64.5. The number of hydrogen-bond acceptors (Lipinski definition) is 3. The number of carbonyl (C=O) groups is 1. The van der Waals surface area contributed by atoms with Crippen LogP contribution in [-0.2, 0) is 0 Å². The molecule has 1 heterocycles. The van der Waals surface area contributed by atoms with Gasteiger partial charge < -0.3 is 10.3 Å². The zero-order chi connectivity index (χ0) is 22.9. The van der Waals surface area contributed by atoms with Crippen molar-refractivity contribution in [3.63, 3.8) is 0 Å². The normalized spacial score (nSPS) is 14.9. The fourth-order valence-corrected chi connectivity index (χ4v) is 3.57. The first-order valence-corrected chi connectivity index (χ1v) is 11.0. The van der Waals surface area contributed by atoms with Crippen molar-refractivity contribution in [3.05, 3.63) is 82.3 Å². The average molecular weight is 459 g/mol. The zero-order valence-corrected chi connectivity index (χ0v) is 16.9. The van der Waals surface area contributed by atoms with Crippen LogP contribution < -0.4 is 10.9 Å². The van der Waals surface area contributed by atoms with Gasteiger partial charge in [-0.2, -0.15) is 0 Å². The van der Waals surface area contributed by atoms with E-state index in [-0.39, 0.29) is 23.5 Å². The molecule has 5 nitrogen and oxygen atoms in total. The molecule has 11 heteroatoms. The predicted octanol–water partition coefficient (Wildman–Crippen LogP) is 5.98. The van der Waals surface area contributed by atoms with Crippen molar-refractivity contribution in [3.8, 4) is 11.4 Å². The summed E-state index contributed by atoms with van der Waals surface area (Å²) in [6.45, 7) is 1.66. The molecule has 0 aliphatic rings. The van der Waals surface area contributed by atoms with Crippen molar-refractivity contribution in [2.24, 2.45) is 0 Å². The maximum atomic E-state index is 12.9. The summed E-state index contributed by atoms with van der Waals surface area (Å²) in [6, 6.07) is 11.2. The van der Waals surface area contributed by atoms with E-state index in [1.807, 2.05) is 0 Å². The highest BCUT2D eigenvalue weighted by Crippen LogP contribution is 3.02. The van der Waals surface area contributed by atoms with Crippen molar-refractivity contribution < 1.29 is 24.2 Å². The molecule has 0 bridgehead atoms. The first kappa shape index (κ1) is 22.5. The first-order chi connectivity index (χ1) is 14.3. The van der Waals surface area contributed by atoms with Gasteiger partial charge in [0.1, 0.15) is 16.4 Å². The second-order valence-corrected chi connectivity index (χ2v) is 9.23. The van der Waals surface area contributed by atoms with Gasteiger partial charge in [-0.3, -0.25) is 9.59 Å². The molecule has 0 saturated carbocycles. The van der Waals surface area contributed by atoms with Crippen molar-refractivity contribution in [1.29, 1.82) is 0 Å². The molecule has 0 saturated heterocycles. The maximum absolute atomic E-state index is 12.9. The molecule has 3 rings (SSSR count). The molecule has 0 fully saturated rings. The minimum atomic E-state index is -9.78. The molecule has 0 aliphatic heterocycles. The van der Waals surface area contributed by atoms with E-state index in [1.54, 1.807) is 37.3 Å². The number of aromatic nitrogens is 2. The van der Waals surface area contributed by atoms with E-state index >= 15 is 0 Å². The summed E-state index contributed by atoms with van der Waals surface area (Å²) in [7, 11) is -9.78. The Morgan fingerprint density at radius 1 is 1.03 bits per heavy atom. The predicted molar refractivity (Wildman–Crippen MR) is 109 cm³/mol. The van der Waals surface area contributed by atoms with Crippen LogP contribution >= 0.6 is 10.2 Å². The monoisotopic (exact) mass is 459 g/mol. The maximum Gasteiger partial charge on any atom is 0.310 e. The van der Waals surface area contributed by atoms with Crippen LogP contribution in [0.2, 0.25) is 0 Å². The van der Waals surface area contributed by atoms with Crippen LogP contribution in [-0.4, -0.2) is 15.9 Å². The van der Waals surface area contributed by atoms with Crippen LogP contribution in [0.1, 0.15) is 35.4 Å². The minimum absolute atomic E-state index is 0.173. The molecule has 2 N–H and O–H groups in total. The van der Waals surface area contributed by atoms with Crippen molar-refractivity contribution in [2.45, 2.75) is 24.3 Å². The van der Waals surface area contributed by atoms with Gasteiger partial charge in [-0.25, -0.2) is 4.98 Å². The number of benzene rings is 2. The molecule has 2 aromatic carbocycles. The van der Waals surface area contributed by atoms with Gasteiger partial charge >= 0.3 is 10.2 Å². The van der Waals surface area contributed by atoms with E-state index in [9.17, 15) is 29.0 Å². The van der Waals surface area contributed by atoms with E-state index in [2.05, 4.69) is 15.3 Å². The highest BCUT2D eigenvalue weighted by Gasteiger charge is 2.65. The third-order valence-electron chi connectivity index (χ3n) is 4.46. The van der Waals surface area contributed by atoms with E-state index in [1.165, 1.54) is 0 Å². The van der Waals surface area contributed by atoms with Crippen molar-refractivity contribution in [1.82, 2.24) is 15.3 Å². The Labute approximate surface area is 174 Å². The van der Waals surface area contributed by atoms with Crippen LogP contribution in [0.4, 0.5) is 19.4 Å². The van der Waals surface area contributed by atoms with Gasteiger partial charge in [0.05, 0.1) is 6.04 Å². The number of rotatable bonds is 6. The van der Waals surface area contributed by atoms with E-state index < -0.39 is 32.6 Å². The number of halogens is 5. The standard InChI is InChI=1S/C20H18F5N3O2S/c1-2-16(13-8-10-15(11-9-13)31(21,22,23,24)25)27-20(30)17-12-18(29)28-19(26-17)14-6-4-3-5-7-14/h3-12,16H,2H2,1H3,(H,27,30)(H,26,28,29)/t16-/m1/s1. The van der Waals surface area contributed by atoms with Crippen LogP contribution in [0.3, 0.4) is 0 Å². The fourth-order valence-electron chi connectivity index (χ4n) is 2.92. The molecule has 0 aliphatic carbocycles. The van der Waals surface area contributed by atoms with Gasteiger partial charge in [-0.1, -0.05) is 68.8 Å². The van der Waals surface area contributed by atoms with Crippen LogP contribution in [0.25, 0.3) is 11.4 Å². The Kier molecular flexibility index (Phi) is 5.21. The molecule has 1 amide bonds. The summed E-state index contributed by atoms with van der Waals surface area (Å²) in [6.07, 6.45) is 0.260. The molecule has 166 valence electrons. The van der Waals surface area contributed by atoms with Gasteiger partial charge in [0.15, 0.2) is 0 Å². The van der Waals surface area contributed by atoms with E-state index in [0.717, 1.165) is 18.2 Å². The van der Waals surface area contributed by atoms with Crippen LogP contribution in [0.15, 0.2) is 70.4 Å². The van der Waals surface area contributed by atoms with Crippen molar-refractivity contribution in [2.75, 3.05) is 0 Å². The molecule has 31 heavy (non-hydrogen) atoms. The molecular weight excluding hydrogens is 441 g/mol. The van der Waals surface area contributed by atoms with Crippen LogP contribution in [0.5, 0.6) is 0 Å². The Morgan fingerprint density at radius 2 is 1.65 bits per heavy atom. The van der Waals surface area contributed by atoms with Gasteiger partial charge in [0.25, 0.3) is 11.5 Å². The minimum Gasteiger partial charge on any atom is -0.344 e. The topological polar surface area (TPSA) is 74.8 Å². The second kappa shape index (κ2) is 7.19. The number of carbonyl (C=O) groups excluding carboxylic acids is 1. The summed E-state index contributed by atoms with van der Waals surface area (Å²) >= 11 is 0. The third-order valence-corrected chi connectivity index (χ3v) is 5.63. The smallest absolute Gasteiger partial charge is 0.310 e.